The maximum atomic E-state index is 14.0. The van der Waals surface area contributed by atoms with Crippen LogP contribution in [0.15, 0.2) is 18.2 Å². The Balaban J connectivity index is 1.47. The minimum Gasteiger partial charge on any atom is -0.462 e. The van der Waals surface area contributed by atoms with Gasteiger partial charge in [-0.2, -0.15) is 23.1 Å². The number of likely N-dealkylation sites (tertiary alicyclic amines) is 1. The maximum absolute atomic E-state index is 14.0. The molecule has 2 atom stereocenters. The Kier molecular flexibility index (Phi) is 8.38. The van der Waals surface area contributed by atoms with Gasteiger partial charge in [-0.25, -0.2) is 6.57 Å². The fourth-order valence-corrected chi connectivity index (χ4v) is 6.46. The van der Waals surface area contributed by atoms with E-state index < -0.39 is 11.7 Å². The Bertz CT molecular complexity index is 1220. The van der Waals surface area contributed by atoms with E-state index >= 15 is 0 Å². The molecule has 0 bridgehead atoms. The van der Waals surface area contributed by atoms with Crippen molar-refractivity contribution >= 4 is 23.1 Å². The number of benzene rings is 1. The summed E-state index contributed by atoms with van der Waals surface area (Å²) in [6.45, 7) is 14.5. The van der Waals surface area contributed by atoms with Crippen LogP contribution < -0.4 is 14.5 Å². The summed E-state index contributed by atoms with van der Waals surface area (Å²) in [5, 5.41) is -0.311. The third-order valence-corrected chi connectivity index (χ3v) is 8.43. The predicted octanol–water partition coefficient (Wildman–Crippen LogP) is 5.71. The highest BCUT2D eigenvalue weighted by Gasteiger charge is 2.39. The molecule has 39 heavy (non-hydrogen) atoms. The Morgan fingerprint density at radius 1 is 1.13 bits per heavy atom. The summed E-state index contributed by atoms with van der Waals surface area (Å²) in [4.78, 5) is 19.5. The third-order valence-electron chi connectivity index (χ3n) is 8.12. The van der Waals surface area contributed by atoms with E-state index in [4.69, 9.17) is 32.9 Å². The second-order valence-corrected chi connectivity index (χ2v) is 11.0. The Morgan fingerprint density at radius 2 is 1.95 bits per heavy atom. The lowest BCUT2D eigenvalue weighted by Gasteiger charge is -2.37. The lowest BCUT2D eigenvalue weighted by Crippen LogP contribution is -2.40. The monoisotopic (exact) mass is 562 g/mol. The molecule has 0 radical (unpaired) electrons. The summed E-state index contributed by atoms with van der Waals surface area (Å²) in [6, 6.07) is 4.86. The molecule has 3 aliphatic rings. The first-order chi connectivity index (χ1) is 18.8. The van der Waals surface area contributed by atoms with Gasteiger partial charge in [-0.3, -0.25) is 4.90 Å². The highest BCUT2D eigenvalue weighted by atomic mass is 35.5. The van der Waals surface area contributed by atoms with Gasteiger partial charge >= 0.3 is 12.2 Å². The first-order valence-electron chi connectivity index (χ1n) is 13.7. The van der Waals surface area contributed by atoms with Crippen LogP contribution in [0.3, 0.4) is 0 Å². The van der Waals surface area contributed by atoms with Crippen LogP contribution in [0.2, 0.25) is 5.02 Å². The first-order valence-corrected chi connectivity index (χ1v) is 14.1. The number of anilines is 2. The van der Waals surface area contributed by atoms with Crippen LogP contribution in [0, 0.1) is 12.5 Å². The van der Waals surface area contributed by atoms with E-state index in [-0.39, 0.29) is 29.2 Å². The van der Waals surface area contributed by atoms with E-state index in [9.17, 15) is 13.2 Å². The number of hydrogen-bond acceptors (Lipinski definition) is 6. The molecule has 0 unspecified atom stereocenters. The standard InChI is InChI=1S/C28H34ClF3N6O/c1-3-36-12-6-8-20(36)18-39-27-34-23-17-37(24-10-4-9-22(29)25(24)28(30,31)32)14-11-21(23)26(35-27)38-13-5-7-19(16-38)15-33-2/h4,9-10,19-20H,3,5-8,11-18H2,1H3/t19-,20-/m0/s1. The highest BCUT2D eigenvalue weighted by Crippen LogP contribution is 2.43. The zero-order valence-electron chi connectivity index (χ0n) is 22.2. The molecule has 1 aromatic heterocycles. The molecule has 2 aromatic rings. The van der Waals surface area contributed by atoms with Gasteiger partial charge in [-0.05, 0) is 57.3 Å². The fourth-order valence-electron chi connectivity index (χ4n) is 6.18. The maximum Gasteiger partial charge on any atom is 0.419 e. The summed E-state index contributed by atoms with van der Waals surface area (Å²) >= 11 is 6.03. The number of piperidine rings is 1. The summed E-state index contributed by atoms with van der Waals surface area (Å²) in [5.74, 6) is 1.06. The number of aromatic nitrogens is 2. The summed E-state index contributed by atoms with van der Waals surface area (Å²) in [6.07, 6.45) is 0.0879. The van der Waals surface area contributed by atoms with Crippen molar-refractivity contribution in [2.24, 2.45) is 5.92 Å². The minimum absolute atomic E-state index is 0.0583. The average molecular weight is 563 g/mol. The van der Waals surface area contributed by atoms with Crippen molar-refractivity contribution in [3.8, 4) is 6.01 Å². The largest absolute Gasteiger partial charge is 0.462 e. The van der Waals surface area contributed by atoms with Crippen LogP contribution in [0.25, 0.3) is 4.85 Å². The molecule has 7 nitrogen and oxygen atoms in total. The van der Waals surface area contributed by atoms with Crippen molar-refractivity contribution in [1.29, 1.82) is 0 Å². The van der Waals surface area contributed by atoms with Gasteiger partial charge in [-0.1, -0.05) is 24.6 Å². The molecular weight excluding hydrogens is 529 g/mol. The van der Waals surface area contributed by atoms with Crippen molar-refractivity contribution in [2.75, 3.05) is 55.7 Å². The van der Waals surface area contributed by atoms with Crippen LogP contribution >= 0.6 is 11.6 Å². The second-order valence-electron chi connectivity index (χ2n) is 10.6. The molecule has 0 N–H and O–H groups in total. The molecular formula is C28H34ClF3N6O. The molecule has 5 rings (SSSR count). The summed E-state index contributed by atoms with van der Waals surface area (Å²) < 4.78 is 48.0. The average Bonchev–Trinajstić information content (AvgIpc) is 3.38. The Labute approximate surface area is 232 Å². The molecule has 11 heteroatoms. The number of halogens is 4. The number of rotatable bonds is 7. The van der Waals surface area contributed by atoms with Gasteiger partial charge in [0.1, 0.15) is 12.4 Å². The van der Waals surface area contributed by atoms with Crippen molar-refractivity contribution in [3.05, 3.63) is 51.5 Å². The summed E-state index contributed by atoms with van der Waals surface area (Å²) in [5.41, 5.74) is 0.872. The number of hydrogen-bond donors (Lipinski definition) is 0. The zero-order chi connectivity index (χ0) is 27.6. The topological polar surface area (TPSA) is 49.1 Å². The van der Waals surface area contributed by atoms with Crippen molar-refractivity contribution in [1.82, 2.24) is 14.9 Å². The minimum atomic E-state index is -4.57. The smallest absolute Gasteiger partial charge is 0.419 e. The highest BCUT2D eigenvalue weighted by molar-refractivity contribution is 6.31. The number of likely N-dealkylation sites (N-methyl/N-ethyl adjacent to an activating group) is 1. The molecule has 2 saturated heterocycles. The van der Waals surface area contributed by atoms with Gasteiger partial charge < -0.3 is 19.4 Å². The zero-order valence-corrected chi connectivity index (χ0v) is 22.9. The molecule has 3 aliphatic heterocycles. The lowest BCUT2D eigenvalue weighted by molar-refractivity contribution is -0.137. The van der Waals surface area contributed by atoms with Crippen LogP contribution in [0.5, 0.6) is 6.01 Å². The third kappa shape index (κ3) is 6.04. The van der Waals surface area contributed by atoms with Crippen LogP contribution in [0.1, 0.15) is 49.4 Å². The van der Waals surface area contributed by atoms with Gasteiger partial charge in [0, 0.05) is 37.2 Å². The van der Waals surface area contributed by atoms with E-state index in [1.54, 1.807) is 11.0 Å². The normalized spacial score (nSPS) is 22.1. The molecule has 4 heterocycles. The van der Waals surface area contributed by atoms with Gasteiger partial charge in [0.05, 0.1) is 28.5 Å². The van der Waals surface area contributed by atoms with E-state index in [1.807, 2.05) is 0 Å². The van der Waals surface area contributed by atoms with Gasteiger partial charge in [0.25, 0.3) is 0 Å². The first kappa shape index (κ1) is 27.8. The predicted molar refractivity (Wildman–Crippen MR) is 145 cm³/mol. The van der Waals surface area contributed by atoms with Gasteiger partial charge in [0.2, 0.25) is 6.54 Å². The van der Waals surface area contributed by atoms with Gasteiger partial charge in [0.15, 0.2) is 0 Å². The van der Waals surface area contributed by atoms with E-state index in [0.717, 1.165) is 63.2 Å². The van der Waals surface area contributed by atoms with E-state index in [2.05, 4.69) is 21.6 Å². The van der Waals surface area contributed by atoms with E-state index in [0.29, 0.717) is 37.9 Å². The second kappa shape index (κ2) is 11.8. The number of ether oxygens (including phenoxy) is 1. The molecule has 0 aliphatic carbocycles. The number of fused-ring (bicyclic) bond motifs is 1. The quantitative estimate of drug-likeness (QED) is 0.403. The molecule has 210 valence electrons. The molecule has 0 saturated carbocycles. The summed E-state index contributed by atoms with van der Waals surface area (Å²) in [7, 11) is 0. The van der Waals surface area contributed by atoms with E-state index in [1.165, 1.54) is 12.1 Å². The number of nitrogens with zero attached hydrogens (tertiary/aromatic N) is 6. The lowest BCUT2D eigenvalue weighted by atomic mass is 9.96. The Morgan fingerprint density at radius 3 is 2.72 bits per heavy atom. The van der Waals surface area contributed by atoms with Crippen LogP contribution in [-0.4, -0.2) is 66.8 Å². The fraction of sp³-hybridized carbons (Fsp3) is 0.607. The van der Waals surface area contributed by atoms with Crippen molar-refractivity contribution in [3.63, 3.8) is 0 Å². The van der Waals surface area contributed by atoms with Crippen molar-refractivity contribution in [2.45, 2.75) is 57.8 Å². The van der Waals surface area contributed by atoms with Crippen LogP contribution in [-0.2, 0) is 19.1 Å². The molecule has 0 amide bonds. The SMILES string of the molecule is [C-]#[N+]C[C@@H]1CCCN(c2nc(OC[C@@H]3CCCN3CC)nc3c2CCN(c2cccc(Cl)c2C(F)(F)F)C3)C1. The molecule has 1 aromatic carbocycles. The Hall–Kier alpha value is -2.77. The number of alkyl halides is 3. The van der Waals surface area contributed by atoms with Crippen molar-refractivity contribution < 1.29 is 17.9 Å². The van der Waals surface area contributed by atoms with Gasteiger partial charge in [-0.15, -0.1) is 0 Å². The molecule has 2 fully saturated rings. The molecule has 0 spiro atoms. The van der Waals surface area contributed by atoms with Crippen LogP contribution in [0.4, 0.5) is 24.7 Å².